The molecule has 20 heavy (non-hydrogen) atoms. The molecule has 1 aliphatic heterocycles. The average molecular weight is 308 g/mol. The molecule has 0 atom stereocenters. The normalized spacial score (nSPS) is 16.4. The molecular formula is C13H13ClF3NO2. The van der Waals surface area contributed by atoms with Crippen LogP contribution in [0.4, 0.5) is 13.2 Å². The van der Waals surface area contributed by atoms with E-state index in [9.17, 15) is 18.0 Å². The summed E-state index contributed by atoms with van der Waals surface area (Å²) in [5.74, 6) is -0.740. The zero-order chi connectivity index (χ0) is 14.8. The highest BCUT2D eigenvalue weighted by atomic mass is 35.5. The summed E-state index contributed by atoms with van der Waals surface area (Å²) in [7, 11) is 0. The van der Waals surface area contributed by atoms with Gasteiger partial charge in [0.1, 0.15) is 5.75 Å². The third kappa shape index (κ3) is 4.11. The van der Waals surface area contributed by atoms with Gasteiger partial charge in [-0.1, -0.05) is 11.6 Å². The molecule has 1 aromatic carbocycles. The van der Waals surface area contributed by atoms with Gasteiger partial charge in [0.25, 0.3) is 0 Å². The first kappa shape index (κ1) is 15.1. The van der Waals surface area contributed by atoms with Crippen LogP contribution in [0, 0.1) is 0 Å². The lowest BCUT2D eigenvalue weighted by Crippen LogP contribution is -2.27. The number of alkyl halides is 3. The number of ether oxygens (including phenoxy) is 1. The van der Waals surface area contributed by atoms with Crippen LogP contribution in [0.2, 0.25) is 5.02 Å². The number of carbonyl (C=O) groups excluding carboxylic acids is 1. The van der Waals surface area contributed by atoms with Crippen molar-refractivity contribution in [2.24, 2.45) is 0 Å². The quantitative estimate of drug-likeness (QED) is 0.797. The number of hydrogen-bond acceptors (Lipinski definition) is 3. The second-order valence-electron chi connectivity index (χ2n) is 4.60. The molecular weight excluding hydrogens is 295 g/mol. The Kier molecular flexibility index (Phi) is 4.55. The summed E-state index contributed by atoms with van der Waals surface area (Å²) in [6.45, 7) is 1.80. The fourth-order valence-corrected chi connectivity index (χ4v) is 2.37. The highest BCUT2D eigenvalue weighted by Gasteiger charge is 2.31. The van der Waals surface area contributed by atoms with Crippen LogP contribution in [0.1, 0.15) is 23.2 Å². The summed E-state index contributed by atoms with van der Waals surface area (Å²) in [5, 5.41) is 0.128. The highest BCUT2D eigenvalue weighted by Crippen LogP contribution is 2.27. The molecule has 0 radical (unpaired) electrons. The van der Waals surface area contributed by atoms with Crippen molar-refractivity contribution in [2.75, 3.05) is 19.6 Å². The van der Waals surface area contributed by atoms with E-state index in [1.165, 1.54) is 6.07 Å². The molecule has 0 unspecified atom stereocenters. The van der Waals surface area contributed by atoms with Crippen molar-refractivity contribution in [1.82, 2.24) is 4.90 Å². The number of rotatable bonds is 4. The molecule has 1 fully saturated rings. The van der Waals surface area contributed by atoms with Crippen LogP contribution in [0.5, 0.6) is 5.75 Å². The van der Waals surface area contributed by atoms with Crippen LogP contribution >= 0.6 is 11.6 Å². The molecule has 0 bridgehead atoms. The summed E-state index contributed by atoms with van der Waals surface area (Å²) in [5.41, 5.74) is 0.0558. The summed E-state index contributed by atoms with van der Waals surface area (Å²) >= 11 is 5.87. The van der Waals surface area contributed by atoms with E-state index >= 15 is 0 Å². The zero-order valence-electron chi connectivity index (χ0n) is 10.5. The van der Waals surface area contributed by atoms with Crippen LogP contribution in [0.3, 0.4) is 0 Å². The SMILES string of the molecule is O=C(CN1CCCC1)c1cc(OC(F)(F)F)ccc1Cl. The van der Waals surface area contributed by atoms with E-state index in [1.54, 1.807) is 0 Å². The fourth-order valence-electron chi connectivity index (χ4n) is 2.14. The monoisotopic (exact) mass is 307 g/mol. The van der Waals surface area contributed by atoms with Gasteiger partial charge in [0.2, 0.25) is 0 Å². The summed E-state index contributed by atoms with van der Waals surface area (Å²) < 4.78 is 40.3. The Morgan fingerprint density at radius 3 is 2.55 bits per heavy atom. The minimum atomic E-state index is -4.79. The van der Waals surface area contributed by atoms with Gasteiger partial charge < -0.3 is 4.74 Å². The number of nitrogens with zero attached hydrogens (tertiary/aromatic N) is 1. The van der Waals surface area contributed by atoms with Gasteiger partial charge in [0, 0.05) is 5.56 Å². The van der Waals surface area contributed by atoms with E-state index in [0.717, 1.165) is 38.1 Å². The van der Waals surface area contributed by atoms with Gasteiger partial charge in [0.05, 0.1) is 11.6 Å². The van der Waals surface area contributed by atoms with Gasteiger partial charge in [-0.3, -0.25) is 9.69 Å². The van der Waals surface area contributed by atoms with Gasteiger partial charge >= 0.3 is 6.36 Å². The Morgan fingerprint density at radius 1 is 1.30 bits per heavy atom. The van der Waals surface area contributed by atoms with Crippen molar-refractivity contribution in [3.8, 4) is 5.75 Å². The molecule has 3 nitrogen and oxygen atoms in total. The lowest BCUT2D eigenvalue weighted by Gasteiger charge is -2.15. The topological polar surface area (TPSA) is 29.5 Å². The Morgan fingerprint density at radius 2 is 1.95 bits per heavy atom. The molecule has 0 aromatic heterocycles. The predicted molar refractivity (Wildman–Crippen MR) is 68.1 cm³/mol. The molecule has 0 aliphatic carbocycles. The summed E-state index contributed by atoms with van der Waals surface area (Å²) in [6, 6.07) is 3.36. The first-order chi connectivity index (χ1) is 9.35. The second kappa shape index (κ2) is 6.01. The maximum absolute atomic E-state index is 12.2. The van der Waals surface area contributed by atoms with E-state index in [1.807, 2.05) is 4.90 Å². The molecule has 2 rings (SSSR count). The van der Waals surface area contributed by atoms with Crippen LogP contribution in [0.25, 0.3) is 0 Å². The third-order valence-electron chi connectivity index (χ3n) is 3.04. The van der Waals surface area contributed by atoms with Crippen LogP contribution in [0.15, 0.2) is 18.2 Å². The molecule has 1 saturated heterocycles. The molecule has 0 saturated carbocycles. The van der Waals surface area contributed by atoms with E-state index in [4.69, 9.17) is 11.6 Å². The molecule has 0 spiro atoms. The Labute approximate surface area is 119 Å². The zero-order valence-corrected chi connectivity index (χ0v) is 11.3. The largest absolute Gasteiger partial charge is 0.573 e. The fraction of sp³-hybridized carbons (Fsp3) is 0.462. The lowest BCUT2D eigenvalue weighted by atomic mass is 10.1. The Hall–Kier alpha value is -1.27. The van der Waals surface area contributed by atoms with Crippen molar-refractivity contribution in [3.63, 3.8) is 0 Å². The number of hydrogen-bond donors (Lipinski definition) is 0. The number of ketones is 1. The number of Topliss-reactive ketones (excluding diaryl/α,β-unsaturated/α-hetero) is 1. The molecule has 110 valence electrons. The van der Waals surface area contributed by atoms with Crippen molar-refractivity contribution in [1.29, 1.82) is 0 Å². The number of benzene rings is 1. The predicted octanol–water partition coefficient (Wildman–Crippen LogP) is 3.52. The van der Waals surface area contributed by atoms with Crippen molar-refractivity contribution >= 4 is 17.4 Å². The molecule has 1 aromatic rings. The first-order valence-corrected chi connectivity index (χ1v) is 6.54. The maximum Gasteiger partial charge on any atom is 0.573 e. The van der Waals surface area contributed by atoms with Crippen molar-refractivity contribution in [3.05, 3.63) is 28.8 Å². The molecule has 7 heteroatoms. The lowest BCUT2D eigenvalue weighted by molar-refractivity contribution is -0.274. The molecule has 0 amide bonds. The third-order valence-corrected chi connectivity index (χ3v) is 3.37. The summed E-state index contributed by atoms with van der Waals surface area (Å²) in [6.07, 6.45) is -2.74. The standard InChI is InChI=1S/C13H13ClF3NO2/c14-11-4-3-9(20-13(15,16)17)7-10(11)12(19)8-18-5-1-2-6-18/h3-4,7H,1-2,5-6,8H2. The molecule has 1 heterocycles. The minimum absolute atomic E-state index is 0.0558. The van der Waals surface area contributed by atoms with Crippen LogP contribution in [-0.2, 0) is 0 Å². The number of carbonyl (C=O) groups is 1. The van der Waals surface area contributed by atoms with Gasteiger partial charge in [0.15, 0.2) is 5.78 Å². The number of likely N-dealkylation sites (tertiary alicyclic amines) is 1. The minimum Gasteiger partial charge on any atom is -0.406 e. The van der Waals surface area contributed by atoms with Gasteiger partial charge in [-0.15, -0.1) is 13.2 Å². The second-order valence-corrected chi connectivity index (χ2v) is 5.00. The van der Waals surface area contributed by atoms with Gasteiger partial charge in [-0.05, 0) is 44.1 Å². The first-order valence-electron chi connectivity index (χ1n) is 6.16. The average Bonchev–Trinajstić information content (AvgIpc) is 2.82. The van der Waals surface area contributed by atoms with E-state index in [2.05, 4.69) is 4.74 Å². The van der Waals surface area contributed by atoms with Gasteiger partial charge in [-0.2, -0.15) is 0 Å². The molecule has 1 aliphatic rings. The van der Waals surface area contributed by atoms with Crippen molar-refractivity contribution in [2.45, 2.75) is 19.2 Å². The van der Waals surface area contributed by atoms with E-state index in [0.29, 0.717) is 0 Å². The summed E-state index contributed by atoms with van der Waals surface area (Å²) in [4.78, 5) is 14.0. The number of halogens is 4. The smallest absolute Gasteiger partial charge is 0.406 e. The van der Waals surface area contributed by atoms with Crippen LogP contribution < -0.4 is 4.74 Å². The Balaban J connectivity index is 2.12. The van der Waals surface area contributed by atoms with E-state index in [-0.39, 0.29) is 22.9 Å². The molecule has 0 N–H and O–H groups in total. The highest BCUT2D eigenvalue weighted by molar-refractivity contribution is 6.34. The van der Waals surface area contributed by atoms with E-state index < -0.39 is 12.1 Å². The van der Waals surface area contributed by atoms with Crippen LogP contribution in [-0.4, -0.2) is 36.7 Å². The Bertz CT molecular complexity index is 499. The maximum atomic E-state index is 12.2. The van der Waals surface area contributed by atoms with Crippen molar-refractivity contribution < 1.29 is 22.7 Å². The van der Waals surface area contributed by atoms with Gasteiger partial charge in [-0.25, -0.2) is 0 Å².